The van der Waals surface area contributed by atoms with E-state index in [0.717, 1.165) is 16.7 Å². The van der Waals surface area contributed by atoms with Gasteiger partial charge in [0.15, 0.2) is 0 Å². The predicted molar refractivity (Wildman–Crippen MR) is 168 cm³/mol. The first kappa shape index (κ1) is 32.6. The molecule has 0 bridgehead atoms. The minimum absolute atomic E-state index is 0.0447. The quantitative estimate of drug-likeness (QED) is 0.213. The van der Waals surface area contributed by atoms with Crippen molar-refractivity contribution in [1.82, 2.24) is 10.6 Å². The number of esters is 1. The molecule has 3 aromatic carbocycles. The van der Waals surface area contributed by atoms with E-state index >= 15 is 0 Å². The van der Waals surface area contributed by atoms with Crippen molar-refractivity contribution in [1.29, 1.82) is 0 Å². The highest BCUT2D eigenvalue weighted by atomic mass is 16.5. The number of aliphatic hydroxyl groups is 1. The van der Waals surface area contributed by atoms with E-state index in [2.05, 4.69) is 10.6 Å². The third kappa shape index (κ3) is 11.1. The van der Waals surface area contributed by atoms with E-state index in [-0.39, 0.29) is 49.9 Å². The Kier molecular flexibility index (Phi) is 13.2. The van der Waals surface area contributed by atoms with Crippen LogP contribution in [0.1, 0.15) is 36.0 Å². The van der Waals surface area contributed by atoms with E-state index in [0.29, 0.717) is 32.3 Å². The normalized spacial score (nSPS) is 20.0. The first-order chi connectivity index (χ1) is 21.5. The topological polar surface area (TPSA) is 114 Å². The van der Waals surface area contributed by atoms with Gasteiger partial charge >= 0.3 is 5.97 Å². The summed E-state index contributed by atoms with van der Waals surface area (Å²) in [5.74, 6) is -2.00. The molecule has 4 rings (SSSR count). The molecular formula is C36H42N2O6. The monoisotopic (exact) mass is 598 g/mol. The average molecular weight is 599 g/mol. The molecule has 1 heterocycles. The first-order valence-corrected chi connectivity index (χ1v) is 15.2. The van der Waals surface area contributed by atoms with Crippen LogP contribution in [0.5, 0.6) is 0 Å². The molecule has 0 unspecified atom stereocenters. The molecule has 0 fully saturated rings. The number of hydrogen-bond acceptors (Lipinski definition) is 6. The molecule has 0 saturated heterocycles. The second-order valence-electron chi connectivity index (χ2n) is 11.2. The number of aliphatic hydroxyl groups excluding tert-OH is 1. The summed E-state index contributed by atoms with van der Waals surface area (Å²) in [6, 6.07) is 28.0. The minimum atomic E-state index is -0.651. The van der Waals surface area contributed by atoms with Gasteiger partial charge < -0.3 is 25.2 Å². The zero-order chi connectivity index (χ0) is 31.0. The van der Waals surface area contributed by atoms with Gasteiger partial charge in [-0.15, -0.1) is 0 Å². The summed E-state index contributed by atoms with van der Waals surface area (Å²) < 4.78 is 11.6. The van der Waals surface area contributed by atoms with Crippen molar-refractivity contribution in [3.63, 3.8) is 0 Å². The van der Waals surface area contributed by atoms with Crippen LogP contribution >= 0.6 is 0 Å². The van der Waals surface area contributed by atoms with E-state index in [9.17, 15) is 19.5 Å². The van der Waals surface area contributed by atoms with Gasteiger partial charge in [0.25, 0.3) is 0 Å². The van der Waals surface area contributed by atoms with Crippen LogP contribution in [0.25, 0.3) is 0 Å². The SMILES string of the molecule is O=C(C[C@H]1CC=CC[C@H](Cc2ccccc2)C(=O)OC[C@H](COCc2ccccc2)NC1=O)N[C@@H](CO)Cc1ccccc1. The molecule has 3 aromatic rings. The van der Waals surface area contributed by atoms with Crippen LogP contribution in [0.3, 0.4) is 0 Å². The first-order valence-electron chi connectivity index (χ1n) is 15.2. The number of benzene rings is 3. The second-order valence-corrected chi connectivity index (χ2v) is 11.2. The fraction of sp³-hybridized carbons (Fsp3) is 0.361. The van der Waals surface area contributed by atoms with Gasteiger partial charge in [-0.05, 0) is 42.4 Å². The van der Waals surface area contributed by atoms with Crippen molar-refractivity contribution in [2.24, 2.45) is 11.8 Å². The zero-order valence-electron chi connectivity index (χ0n) is 25.0. The predicted octanol–water partition coefficient (Wildman–Crippen LogP) is 4.17. The number of hydrogen-bond donors (Lipinski definition) is 3. The van der Waals surface area contributed by atoms with E-state index in [1.165, 1.54) is 0 Å². The lowest BCUT2D eigenvalue weighted by Gasteiger charge is -2.25. The lowest BCUT2D eigenvalue weighted by molar-refractivity contribution is -0.150. The van der Waals surface area contributed by atoms with Crippen molar-refractivity contribution < 1.29 is 29.0 Å². The highest BCUT2D eigenvalue weighted by molar-refractivity contribution is 5.86. The fourth-order valence-electron chi connectivity index (χ4n) is 5.18. The van der Waals surface area contributed by atoms with Gasteiger partial charge in [-0.2, -0.15) is 0 Å². The molecule has 1 aliphatic heterocycles. The maximum atomic E-state index is 13.5. The third-order valence-electron chi connectivity index (χ3n) is 7.58. The van der Waals surface area contributed by atoms with Crippen molar-refractivity contribution in [3.8, 4) is 0 Å². The van der Waals surface area contributed by atoms with Crippen LogP contribution in [0.4, 0.5) is 0 Å². The van der Waals surface area contributed by atoms with Crippen LogP contribution in [-0.4, -0.2) is 54.8 Å². The van der Waals surface area contributed by atoms with Gasteiger partial charge in [-0.25, -0.2) is 0 Å². The molecule has 0 saturated carbocycles. The Morgan fingerprint density at radius 3 is 2.09 bits per heavy atom. The van der Waals surface area contributed by atoms with Crippen LogP contribution < -0.4 is 10.6 Å². The molecule has 44 heavy (non-hydrogen) atoms. The summed E-state index contributed by atoms with van der Waals surface area (Å²) in [5, 5.41) is 15.7. The van der Waals surface area contributed by atoms with Gasteiger partial charge in [-0.1, -0.05) is 103 Å². The average Bonchev–Trinajstić information content (AvgIpc) is 3.04. The summed E-state index contributed by atoms with van der Waals surface area (Å²) >= 11 is 0. The molecule has 0 spiro atoms. The Morgan fingerprint density at radius 2 is 1.45 bits per heavy atom. The van der Waals surface area contributed by atoms with E-state index in [1.807, 2.05) is 103 Å². The Morgan fingerprint density at radius 1 is 0.864 bits per heavy atom. The van der Waals surface area contributed by atoms with Gasteiger partial charge in [0, 0.05) is 6.42 Å². The van der Waals surface area contributed by atoms with Crippen molar-refractivity contribution in [3.05, 3.63) is 120 Å². The Balaban J connectivity index is 1.44. The van der Waals surface area contributed by atoms with Crippen LogP contribution in [0, 0.1) is 11.8 Å². The molecule has 232 valence electrons. The molecule has 8 heteroatoms. The number of allylic oxidation sites excluding steroid dienone is 2. The Labute approximate surface area is 259 Å². The molecule has 0 radical (unpaired) electrons. The van der Waals surface area contributed by atoms with Gasteiger partial charge in [0.2, 0.25) is 11.8 Å². The lowest BCUT2D eigenvalue weighted by atomic mass is 9.94. The third-order valence-corrected chi connectivity index (χ3v) is 7.58. The molecule has 2 amide bonds. The van der Waals surface area contributed by atoms with Crippen LogP contribution in [0.15, 0.2) is 103 Å². The number of carbonyl (C=O) groups is 3. The minimum Gasteiger partial charge on any atom is -0.463 e. The molecule has 0 aliphatic carbocycles. The summed E-state index contributed by atoms with van der Waals surface area (Å²) in [6.07, 6.45) is 5.49. The number of amides is 2. The number of nitrogens with one attached hydrogen (secondary N) is 2. The molecule has 1 aliphatic rings. The van der Waals surface area contributed by atoms with Crippen molar-refractivity contribution in [2.45, 2.75) is 50.8 Å². The zero-order valence-corrected chi connectivity index (χ0v) is 25.0. The maximum Gasteiger partial charge on any atom is 0.309 e. The summed E-state index contributed by atoms with van der Waals surface area (Å²) in [7, 11) is 0. The summed E-state index contributed by atoms with van der Waals surface area (Å²) in [6.45, 7) is 0.218. The highest BCUT2D eigenvalue weighted by Crippen LogP contribution is 2.18. The maximum absolute atomic E-state index is 13.5. The molecule has 3 N–H and O–H groups in total. The molecule has 0 aromatic heterocycles. The lowest BCUT2D eigenvalue weighted by Crippen LogP contribution is -2.46. The molecule has 4 atom stereocenters. The van der Waals surface area contributed by atoms with Crippen LogP contribution in [-0.2, 0) is 43.3 Å². The van der Waals surface area contributed by atoms with Gasteiger partial charge in [0.05, 0.1) is 43.7 Å². The van der Waals surface area contributed by atoms with Crippen molar-refractivity contribution in [2.75, 3.05) is 19.8 Å². The highest BCUT2D eigenvalue weighted by Gasteiger charge is 2.27. The Hall–Kier alpha value is -4.27. The summed E-state index contributed by atoms with van der Waals surface area (Å²) in [5.41, 5.74) is 3.02. The standard InChI is InChI=1S/C36H42N2O6/c39-23-32(21-28-14-6-2-7-15-28)37-34(40)22-30-18-10-11-19-31(20-27-12-4-1-5-13-27)36(42)44-26-33(38-35(30)41)25-43-24-29-16-8-3-9-17-29/h1-17,30-33,39H,18-26H2,(H,37,40)(H,38,41)/t30-,31-,32-,33+/m1/s1. The van der Waals surface area contributed by atoms with Crippen molar-refractivity contribution >= 4 is 17.8 Å². The fourth-order valence-corrected chi connectivity index (χ4v) is 5.18. The van der Waals surface area contributed by atoms with Crippen LogP contribution in [0.2, 0.25) is 0 Å². The van der Waals surface area contributed by atoms with E-state index in [4.69, 9.17) is 9.47 Å². The second kappa shape index (κ2) is 17.8. The summed E-state index contributed by atoms with van der Waals surface area (Å²) in [4.78, 5) is 39.7. The number of rotatable bonds is 12. The number of cyclic esters (lactones) is 1. The number of carbonyl (C=O) groups excluding carboxylic acids is 3. The van der Waals surface area contributed by atoms with Gasteiger partial charge in [0.1, 0.15) is 6.61 Å². The Bertz CT molecular complexity index is 1330. The smallest absolute Gasteiger partial charge is 0.309 e. The number of ether oxygens (including phenoxy) is 2. The molecular weight excluding hydrogens is 556 g/mol. The van der Waals surface area contributed by atoms with Gasteiger partial charge in [-0.3, -0.25) is 14.4 Å². The largest absolute Gasteiger partial charge is 0.463 e. The molecule has 8 nitrogen and oxygen atoms in total. The van der Waals surface area contributed by atoms with E-state index < -0.39 is 18.0 Å². The van der Waals surface area contributed by atoms with E-state index in [1.54, 1.807) is 0 Å².